The van der Waals surface area contributed by atoms with Gasteiger partial charge in [-0.3, -0.25) is 13.9 Å². The van der Waals surface area contributed by atoms with Crippen LogP contribution in [0.15, 0.2) is 48.5 Å². The van der Waals surface area contributed by atoms with E-state index in [4.69, 9.17) is 11.6 Å². The SMILES string of the molecule is CCc1ccccc1N(CC(=O)N(Cc1ccc(Cl)cc1)[C@H](C)C(=O)NC(C)(C)C)S(C)(=O)=O. The Morgan fingerprint density at radius 3 is 2.18 bits per heavy atom. The summed E-state index contributed by atoms with van der Waals surface area (Å²) in [6, 6.07) is 13.2. The highest BCUT2D eigenvalue weighted by Gasteiger charge is 2.31. The second-order valence-corrected chi connectivity index (χ2v) is 11.7. The Labute approximate surface area is 208 Å². The van der Waals surface area contributed by atoms with Crippen LogP contribution in [0.1, 0.15) is 45.7 Å². The summed E-state index contributed by atoms with van der Waals surface area (Å²) in [6.45, 7) is 8.84. The summed E-state index contributed by atoms with van der Waals surface area (Å²) in [5.74, 6) is -0.808. The lowest BCUT2D eigenvalue weighted by Crippen LogP contribution is -2.54. The normalized spacial score (nSPS) is 12.7. The van der Waals surface area contributed by atoms with Crippen LogP contribution in [0.25, 0.3) is 0 Å². The zero-order valence-corrected chi connectivity index (χ0v) is 22.2. The molecule has 0 aliphatic heterocycles. The fourth-order valence-electron chi connectivity index (χ4n) is 3.49. The number of hydrogen-bond donors (Lipinski definition) is 1. The van der Waals surface area contributed by atoms with Crippen LogP contribution in [-0.2, 0) is 32.6 Å². The smallest absolute Gasteiger partial charge is 0.244 e. The number of rotatable bonds is 9. The molecule has 34 heavy (non-hydrogen) atoms. The largest absolute Gasteiger partial charge is 0.350 e. The molecule has 7 nitrogen and oxygen atoms in total. The van der Waals surface area contributed by atoms with Crippen molar-refractivity contribution in [2.24, 2.45) is 0 Å². The highest BCUT2D eigenvalue weighted by Crippen LogP contribution is 2.24. The Morgan fingerprint density at radius 1 is 1.06 bits per heavy atom. The Morgan fingerprint density at radius 2 is 1.65 bits per heavy atom. The van der Waals surface area contributed by atoms with Gasteiger partial charge in [-0.2, -0.15) is 0 Å². The molecule has 2 aromatic carbocycles. The number of nitrogens with one attached hydrogen (secondary N) is 1. The molecule has 0 bridgehead atoms. The third kappa shape index (κ3) is 7.74. The third-order valence-electron chi connectivity index (χ3n) is 5.25. The summed E-state index contributed by atoms with van der Waals surface area (Å²) in [5, 5.41) is 3.45. The number of aryl methyl sites for hydroxylation is 1. The highest BCUT2D eigenvalue weighted by atomic mass is 35.5. The molecule has 0 aromatic heterocycles. The quantitative estimate of drug-likeness (QED) is 0.555. The van der Waals surface area contributed by atoms with Crippen molar-refractivity contribution in [2.75, 3.05) is 17.1 Å². The van der Waals surface area contributed by atoms with E-state index in [-0.39, 0.29) is 12.5 Å². The van der Waals surface area contributed by atoms with E-state index in [1.165, 1.54) is 4.90 Å². The highest BCUT2D eigenvalue weighted by molar-refractivity contribution is 7.92. The minimum Gasteiger partial charge on any atom is -0.350 e. The van der Waals surface area contributed by atoms with Crippen molar-refractivity contribution in [3.05, 3.63) is 64.7 Å². The lowest BCUT2D eigenvalue weighted by molar-refractivity contribution is -0.140. The summed E-state index contributed by atoms with van der Waals surface area (Å²) in [7, 11) is -3.76. The minimum atomic E-state index is -3.76. The zero-order chi connectivity index (χ0) is 25.7. The molecule has 186 valence electrons. The van der Waals surface area contributed by atoms with E-state index in [0.29, 0.717) is 17.1 Å². The molecule has 0 radical (unpaired) electrons. The molecule has 0 saturated heterocycles. The lowest BCUT2D eigenvalue weighted by atomic mass is 10.1. The molecule has 2 amide bonds. The zero-order valence-electron chi connectivity index (χ0n) is 20.6. The van der Waals surface area contributed by atoms with Crippen LogP contribution in [0.4, 0.5) is 5.69 Å². The van der Waals surface area contributed by atoms with Crippen LogP contribution in [0.5, 0.6) is 0 Å². The van der Waals surface area contributed by atoms with Gasteiger partial charge in [0, 0.05) is 17.1 Å². The summed E-state index contributed by atoms with van der Waals surface area (Å²) in [4.78, 5) is 27.9. The Bertz CT molecular complexity index is 1110. The lowest BCUT2D eigenvalue weighted by Gasteiger charge is -2.33. The number of hydrogen-bond acceptors (Lipinski definition) is 4. The summed E-state index contributed by atoms with van der Waals surface area (Å²) >= 11 is 5.99. The molecule has 0 aliphatic rings. The number of nitrogens with zero attached hydrogens (tertiary/aromatic N) is 2. The summed E-state index contributed by atoms with van der Waals surface area (Å²) < 4.78 is 26.5. The molecule has 0 heterocycles. The molecule has 1 N–H and O–H groups in total. The van der Waals surface area contributed by atoms with Gasteiger partial charge in [-0.1, -0.05) is 48.9 Å². The summed E-state index contributed by atoms with van der Waals surface area (Å²) in [6.07, 6.45) is 1.68. The summed E-state index contributed by atoms with van der Waals surface area (Å²) in [5.41, 5.74) is 1.55. The molecular formula is C25H34ClN3O4S. The van der Waals surface area contributed by atoms with Gasteiger partial charge in [-0.15, -0.1) is 0 Å². The molecule has 0 fully saturated rings. The van der Waals surface area contributed by atoms with Crippen molar-refractivity contribution in [1.82, 2.24) is 10.2 Å². The molecule has 0 aliphatic carbocycles. The van der Waals surface area contributed by atoms with Gasteiger partial charge in [0.1, 0.15) is 12.6 Å². The van der Waals surface area contributed by atoms with Crippen LogP contribution in [0.3, 0.4) is 0 Å². The fraction of sp³-hybridized carbons (Fsp3) is 0.440. The maximum Gasteiger partial charge on any atom is 0.244 e. The van der Waals surface area contributed by atoms with E-state index in [0.717, 1.165) is 21.7 Å². The molecule has 0 saturated carbocycles. The average Bonchev–Trinajstić information content (AvgIpc) is 2.74. The predicted octanol–water partition coefficient (Wildman–Crippen LogP) is 4.00. The number of para-hydroxylation sites is 1. The third-order valence-corrected chi connectivity index (χ3v) is 6.63. The van der Waals surface area contributed by atoms with Crippen LogP contribution in [-0.4, -0.2) is 49.5 Å². The number of carbonyl (C=O) groups excluding carboxylic acids is 2. The van der Waals surface area contributed by atoms with Crippen molar-refractivity contribution in [3.63, 3.8) is 0 Å². The van der Waals surface area contributed by atoms with Crippen LogP contribution in [0, 0.1) is 0 Å². The first-order valence-electron chi connectivity index (χ1n) is 11.1. The topological polar surface area (TPSA) is 86.8 Å². The van der Waals surface area contributed by atoms with Gasteiger partial charge in [0.15, 0.2) is 0 Å². The molecule has 2 aromatic rings. The van der Waals surface area contributed by atoms with Gasteiger partial charge in [0.05, 0.1) is 11.9 Å². The number of anilines is 1. The van der Waals surface area contributed by atoms with Gasteiger partial charge in [0.25, 0.3) is 0 Å². The first-order valence-corrected chi connectivity index (χ1v) is 13.4. The number of benzene rings is 2. The molecule has 2 rings (SSSR count). The Hall–Kier alpha value is -2.58. The predicted molar refractivity (Wildman–Crippen MR) is 137 cm³/mol. The van der Waals surface area contributed by atoms with E-state index < -0.39 is 34.1 Å². The van der Waals surface area contributed by atoms with Crippen LogP contribution < -0.4 is 9.62 Å². The van der Waals surface area contributed by atoms with E-state index in [1.54, 1.807) is 43.3 Å². The van der Waals surface area contributed by atoms with E-state index in [1.807, 2.05) is 39.8 Å². The van der Waals surface area contributed by atoms with Gasteiger partial charge in [-0.05, 0) is 63.4 Å². The molecule has 0 unspecified atom stereocenters. The van der Waals surface area contributed by atoms with Crippen LogP contribution in [0.2, 0.25) is 5.02 Å². The number of carbonyl (C=O) groups is 2. The van der Waals surface area contributed by atoms with E-state index in [2.05, 4.69) is 5.32 Å². The second kappa shape index (κ2) is 11.2. The first-order chi connectivity index (χ1) is 15.7. The minimum absolute atomic E-state index is 0.127. The number of amides is 2. The maximum absolute atomic E-state index is 13.6. The standard InChI is InChI=1S/C25H34ClN3O4S/c1-7-20-10-8-9-11-22(20)29(34(6,32)33)17-23(30)28(16-19-12-14-21(26)15-13-19)18(2)24(31)27-25(3,4)5/h8-15,18H,7,16-17H2,1-6H3,(H,27,31)/t18-/m1/s1. The molecule has 0 spiro atoms. The first kappa shape index (κ1) is 27.7. The molecular weight excluding hydrogens is 474 g/mol. The number of sulfonamides is 1. The van der Waals surface area contributed by atoms with Gasteiger partial charge >= 0.3 is 0 Å². The van der Waals surface area contributed by atoms with Crippen molar-refractivity contribution >= 4 is 39.1 Å². The van der Waals surface area contributed by atoms with Crippen molar-refractivity contribution in [1.29, 1.82) is 0 Å². The van der Waals surface area contributed by atoms with E-state index >= 15 is 0 Å². The van der Waals surface area contributed by atoms with Gasteiger partial charge in [-0.25, -0.2) is 8.42 Å². The van der Waals surface area contributed by atoms with Gasteiger partial charge in [0.2, 0.25) is 21.8 Å². The van der Waals surface area contributed by atoms with Crippen molar-refractivity contribution in [2.45, 2.75) is 59.2 Å². The van der Waals surface area contributed by atoms with Crippen molar-refractivity contribution < 1.29 is 18.0 Å². The average molecular weight is 508 g/mol. The Balaban J connectivity index is 2.43. The monoisotopic (exact) mass is 507 g/mol. The maximum atomic E-state index is 13.6. The number of halogens is 1. The van der Waals surface area contributed by atoms with E-state index in [9.17, 15) is 18.0 Å². The molecule has 9 heteroatoms. The molecule has 1 atom stereocenters. The second-order valence-electron chi connectivity index (χ2n) is 9.32. The fourth-order valence-corrected chi connectivity index (χ4v) is 4.50. The Kier molecular flexibility index (Phi) is 9.14. The van der Waals surface area contributed by atoms with Gasteiger partial charge < -0.3 is 10.2 Å². The van der Waals surface area contributed by atoms with Crippen molar-refractivity contribution in [3.8, 4) is 0 Å². The van der Waals surface area contributed by atoms with Crippen LogP contribution >= 0.6 is 11.6 Å².